The lowest BCUT2D eigenvalue weighted by Gasteiger charge is -2.36. The average molecular weight is 427 g/mol. The van der Waals surface area contributed by atoms with E-state index >= 15 is 0 Å². The van der Waals surface area contributed by atoms with Crippen molar-refractivity contribution < 1.29 is 4.74 Å². The molecule has 1 aliphatic rings. The van der Waals surface area contributed by atoms with E-state index in [0.29, 0.717) is 23.8 Å². The van der Waals surface area contributed by atoms with Gasteiger partial charge in [0.2, 0.25) is 5.95 Å². The van der Waals surface area contributed by atoms with E-state index in [9.17, 15) is 4.79 Å². The first-order chi connectivity index (χ1) is 14.7. The molecule has 0 amide bonds. The summed E-state index contributed by atoms with van der Waals surface area (Å²) in [6.45, 7) is 4.30. The SMILES string of the molecule is COCCn1cnc2c(N3CCN(c4nc5ccsc5c(=O)n4C)CC3)ncnc21. The van der Waals surface area contributed by atoms with Gasteiger partial charge in [-0.15, -0.1) is 11.3 Å². The molecule has 4 aromatic rings. The van der Waals surface area contributed by atoms with Crippen molar-refractivity contribution in [2.45, 2.75) is 6.54 Å². The van der Waals surface area contributed by atoms with E-state index in [1.54, 1.807) is 31.4 Å². The van der Waals surface area contributed by atoms with Gasteiger partial charge in [-0.3, -0.25) is 9.36 Å². The summed E-state index contributed by atoms with van der Waals surface area (Å²) in [4.78, 5) is 35.2. The molecule has 30 heavy (non-hydrogen) atoms. The molecular weight excluding hydrogens is 404 g/mol. The highest BCUT2D eigenvalue weighted by Gasteiger charge is 2.24. The molecule has 5 rings (SSSR count). The van der Waals surface area contributed by atoms with Crippen LogP contribution in [0, 0.1) is 0 Å². The van der Waals surface area contributed by atoms with Gasteiger partial charge in [-0.2, -0.15) is 0 Å². The van der Waals surface area contributed by atoms with Gasteiger partial charge in [0.1, 0.15) is 11.0 Å². The van der Waals surface area contributed by atoms with Gasteiger partial charge in [0.25, 0.3) is 5.56 Å². The molecule has 0 atom stereocenters. The van der Waals surface area contributed by atoms with E-state index in [1.807, 2.05) is 16.0 Å². The summed E-state index contributed by atoms with van der Waals surface area (Å²) in [6.07, 6.45) is 3.37. The molecule has 0 radical (unpaired) electrons. The minimum atomic E-state index is 0.00605. The fraction of sp³-hybridized carbons (Fsp3) is 0.421. The highest BCUT2D eigenvalue weighted by molar-refractivity contribution is 7.17. The number of nitrogens with zero attached hydrogens (tertiary/aromatic N) is 8. The molecule has 0 aromatic carbocycles. The number of methoxy groups -OCH3 is 1. The molecule has 0 N–H and O–H groups in total. The van der Waals surface area contributed by atoms with Crippen molar-refractivity contribution in [2.75, 3.05) is 49.7 Å². The third kappa shape index (κ3) is 3.10. The van der Waals surface area contributed by atoms with Crippen LogP contribution in [0.25, 0.3) is 21.4 Å². The van der Waals surface area contributed by atoms with Crippen LogP contribution in [0.2, 0.25) is 0 Å². The molecule has 11 heteroatoms. The van der Waals surface area contributed by atoms with Crippen LogP contribution >= 0.6 is 11.3 Å². The van der Waals surface area contributed by atoms with Crippen molar-refractivity contribution in [3.05, 3.63) is 34.5 Å². The Morgan fingerprint density at radius 2 is 1.93 bits per heavy atom. The summed E-state index contributed by atoms with van der Waals surface area (Å²) in [7, 11) is 3.47. The van der Waals surface area contributed by atoms with E-state index in [4.69, 9.17) is 9.72 Å². The Morgan fingerprint density at radius 3 is 2.73 bits per heavy atom. The van der Waals surface area contributed by atoms with Crippen molar-refractivity contribution in [3.8, 4) is 0 Å². The third-order valence-corrected chi connectivity index (χ3v) is 6.34. The summed E-state index contributed by atoms with van der Waals surface area (Å²) < 4.78 is 9.50. The fourth-order valence-corrected chi connectivity index (χ4v) is 4.64. The van der Waals surface area contributed by atoms with Gasteiger partial charge < -0.3 is 19.1 Å². The Labute approximate surface area is 176 Å². The van der Waals surface area contributed by atoms with Crippen molar-refractivity contribution in [3.63, 3.8) is 0 Å². The van der Waals surface area contributed by atoms with Crippen molar-refractivity contribution in [1.29, 1.82) is 0 Å². The second-order valence-electron chi connectivity index (χ2n) is 7.19. The Kier molecular flexibility index (Phi) is 4.83. The molecular formula is C19H22N8O2S. The molecule has 0 bridgehead atoms. The summed E-state index contributed by atoms with van der Waals surface area (Å²) in [5, 5.41) is 1.91. The van der Waals surface area contributed by atoms with E-state index in [1.165, 1.54) is 11.3 Å². The number of piperazine rings is 1. The van der Waals surface area contributed by atoms with Gasteiger partial charge in [-0.1, -0.05) is 0 Å². The number of anilines is 2. The second kappa shape index (κ2) is 7.65. The molecule has 0 unspecified atom stereocenters. The Morgan fingerprint density at radius 1 is 1.13 bits per heavy atom. The predicted octanol–water partition coefficient (Wildman–Crippen LogP) is 1.11. The maximum Gasteiger partial charge on any atom is 0.272 e. The van der Waals surface area contributed by atoms with Crippen LogP contribution in [-0.4, -0.2) is 69.0 Å². The van der Waals surface area contributed by atoms with Gasteiger partial charge in [0, 0.05) is 46.9 Å². The molecule has 0 spiro atoms. The first-order valence-electron chi connectivity index (χ1n) is 9.76. The topological polar surface area (TPSA) is 94.2 Å². The van der Waals surface area contributed by atoms with Crippen LogP contribution in [0.3, 0.4) is 0 Å². The minimum absolute atomic E-state index is 0.00605. The van der Waals surface area contributed by atoms with E-state index in [-0.39, 0.29) is 5.56 Å². The number of rotatable bonds is 5. The Hall–Kier alpha value is -3.05. The maximum absolute atomic E-state index is 12.6. The Balaban J connectivity index is 1.38. The molecule has 1 saturated heterocycles. The smallest absolute Gasteiger partial charge is 0.272 e. The van der Waals surface area contributed by atoms with Gasteiger partial charge in [0.15, 0.2) is 17.0 Å². The number of hydrogen-bond acceptors (Lipinski definition) is 9. The van der Waals surface area contributed by atoms with E-state index in [2.05, 4.69) is 24.8 Å². The van der Waals surface area contributed by atoms with Crippen LogP contribution in [-0.2, 0) is 18.3 Å². The number of imidazole rings is 1. The first-order valence-corrected chi connectivity index (χ1v) is 10.6. The van der Waals surface area contributed by atoms with Crippen LogP contribution < -0.4 is 15.4 Å². The van der Waals surface area contributed by atoms with Crippen LogP contribution in [0.1, 0.15) is 0 Å². The summed E-state index contributed by atoms with van der Waals surface area (Å²) in [5.74, 6) is 1.55. The van der Waals surface area contributed by atoms with Crippen LogP contribution in [0.5, 0.6) is 0 Å². The highest BCUT2D eigenvalue weighted by Crippen LogP contribution is 2.24. The quantitative estimate of drug-likeness (QED) is 0.468. The van der Waals surface area contributed by atoms with Gasteiger partial charge >= 0.3 is 0 Å². The lowest BCUT2D eigenvalue weighted by Crippen LogP contribution is -2.48. The number of hydrogen-bond donors (Lipinski definition) is 0. The zero-order valence-electron chi connectivity index (χ0n) is 16.9. The van der Waals surface area contributed by atoms with E-state index < -0.39 is 0 Å². The van der Waals surface area contributed by atoms with Gasteiger partial charge in [-0.25, -0.2) is 19.9 Å². The first kappa shape index (κ1) is 18.9. The number of fused-ring (bicyclic) bond motifs is 2. The third-order valence-electron chi connectivity index (χ3n) is 5.44. The lowest BCUT2D eigenvalue weighted by atomic mass is 10.3. The molecule has 0 saturated carbocycles. The normalized spacial score (nSPS) is 14.9. The predicted molar refractivity (Wildman–Crippen MR) is 116 cm³/mol. The highest BCUT2D eigenvalue weighted by atomic mass is 32.1. The number of ether oxygens (including phenoxy) is 1. The monoisotopic (exact) mass is 426 g/mol. The molecule has 4 aromatic heterocycles. The largest absolute Gasteiger partial charge is 0.383 e. The van der Waals surface area contributed by atoms with Crippen molar-refractivity contribution >= 4 is 44.5 Å². The molecule has 0 aliphatic carbocycles. The molecule has 10 nitrogen and oxygen atoms in total. The Bertz CT molecular complexity index is 1250. The maximum atomic E-state index is 12.6. The average Bonchev–Trinajstić information content (AvgIpc) is 3.42. The van der Waals surface area contributed by atoms with Crippen LogP contribution in [0.15, 0.2) is 28.9 Å². The van der Waals surface area contributed by atoms with Crippen molar-refractivity contribution in [1.82, 2.24) is 29.1 Å². The molecule has 5 heterocycles. The standard InChI is InChI=1S/C19H22N8O2S/c1-24-18(28)15-13(3-10-30-15)23-19(24)26-6-4-25(5-7-26)16-14-17(21-11-20-16)27(12-22-14)8-9-29-2/h3,10-12H,4-9H2,1-2H3. The molecule has 156 valence electrons. The minimum Gasteiger partial charge on any atom is -0.383 e. The number of aromatic nitrogens is 6. The zero-order chi connectivity index (χ0) is 20.7. The second-order valence-corrected chi connectivity index (χ2v) is 8.10. The van der Waals surface area contributed by atoms with Crippen LogP contribution in [0.4, 0.5) is 11.8 Å². The summed E-state index contributed by atoms with van der Waals surface area (Å²) in [6, 6.07) is 1.90. The van der Waals surface area contributed by atoms with Crippen molar-refractivity contribution in [2.24, 2.45) is 7.05 Å². The lowest BCUT2D eigenvalue weighted by molar-refractivity contribution is 0.188. The van der Waals surface area contributed by atoms with Gasteiger partial charge in [0.05, 0.1) is 18.5 Å². The zero-order valence-corrected chi connectivity index (χ0v) is 17.7. The van der Waals surface area contributed by atoms with E-state index in [0.717, 1.165) is 48.7 Å². The summed E-state index contributed by atoms with van der Waals surface area (Å²) >= 11 is 1.44. The number of thiophene rings is 1. The molecule has 1 aliphatic heterocycles. The van der Waals surface area contributed by atoms with Gasteiger partial charge in [-0.05, 0) is 11.4 Å². The summed E-state index contributed by atoms with van der Waals surface area (Å²) in [5.41, 5.74) is 2.38. The molecule has 1 fully saturated rings. The fourth-order valence-electron chi connectivity index (χ4n) is 3.83.